The quantitative estimate of drug-likeness (QED) is 0.269. The Kier molecular flexibility index (Phi) is 63.1. The van der Waals surface area contributed by atoms with E-state index in [1.165, 1.54) is 142 Å². The van der Waals surface area contributed by atoms with Gasteiger partial charge in [-0.15, -0.1) is 0 Å². The van der Waals surface area contributed by atoms with E-state index in [1.54, 1.807) is 0 Å². The van der Waals surface area contributed by atoms with Crippen LogP contribution in [0, 0.1) is 29.6 Å². The van der Waals surface area contributed by atoms with Crippen LogP contribution in [0.3, 0.4) is 0 Å². The first-order valence-corrected chi connectivity index (χ1v) is 21.2. The minimum absolute atomic E-state index is 0.833. The highest BCUT2D eigenvalue weighted by atomic mass is 16.5. The fourth-order valence-corrected chi connectivity index (χ4v) is 3.42. The zero-order chi connectivity index (χ0) is 37.0. The molecule has 0 aromatic heterocycles. The molecule has 0 unspecified atom stereocenters. The summed E-state index contributed by atoms with van der Waals surface area (Å²) in [6.45, 7) is 39.5. The van der Waals surface area contributed by atoms with Gasteiger partial charge in [0.1, 0.15) is 0 Å². The maximum Gasteiger partial charge on any atom is 0.0466 e. The average Bonchev–Trinajstić information content (AvgIpc) is 3.55. The lowest BCUT2D eigenvalue weighted by atomic mass is 10.0. The Hall–Kier alpha value is -0.120. The van der Waals surface area contributed by atoms with Gasteiger partial charge in [0, 0.05) is 13.2 Å². The third kappa shape index (κ3) is 122. The Balaban J connectivity index is -0.000000140. The summed E-state index contributed by atoms with van der Waals surface area (Å²) in [5, 5.41) is 6.57. The predicted octanol–water partition coefficient (Wildman–Crippen LogP) is 14.5. The highest BCUT2D eigenvalue weighted by Gasteiger charge is 1.97. The van der Waals surface area contributed by atoms with E-state index in [0.717, 1.165) is 42.8 Å². The Labute approximate surface area is 303 Å². The van der Waals surface area contributed by atoms with Crippen LogP contribution in [0.25, 0.3) is 0 Å². The van der Waals surface area contributed by atoms with Gasteiger partial charge in [-0.25, -0.2) is 0 Å². The van der Waals surface area contributed by atoms with Crippen molar-refractivity contribution in [2.24, 2.45) is 29.6 Å². The van der Waals surface area contributed by atoms with Gasteiger partial charge in [-0.05, 0) is 94.3 Å². The summed E-state index contributed by atoms with van der Waals surface area (Å²) in [6, 6.07) is 0. The van der Waals surface area contributed by atoms with Crippen molar-refractivity contribution in [1.29, 1.82) is 0 Å². The fourth-order valence-electron chi connectivity index (χ4n) is 3.42. The summed E-state index contributed by atoms with van der Waals surface area (Å²) in [4.78, 5) is 0. The van der Waals surface area contributed by atoms with E-state index < -0.39 is 0 Å². The third-order valence-electron chi connectivity index (χ3n) is 5.74. The molecule has 3 aliphatic heterocycles. The van der Waals surface area contributed by atoms with Crippen LogP contribution in [0.2, 0.25) is 0 Å². The second kappa shape index (κ2) is 52.7. The van der Waals surface area contributed by atoms with Crippen LogP contribution < -0.4 is 10.6 Å². The number of nitrogens with one attached hydrogen (secondary N) is 2. The molecule has 0 spiro atoms. The van der Waals surface area contributed by atoms with Crippen molar-refractivity contribution in [3.8, 4) is 0 Å². The first kappa shape index (κ1) is 56.3. The summed E-state index contributed by atoms with van der Waals surface area (Å²) in [7, 11) is 0. The Morgan fingerprint density at radius 2 is 0.404 bits per heavy atom. The van der Waals surface area contributed by atoms with Crippen molar-refractivity contribution in [2.75, 3.05) is 39.4 Å². The summed E-state index contributed by atoms with van der Waals surface area (Å²) >= 11 is 0. The van der Waals surface area contributed by atoms with Gasteiger partial charge in [-0.2, -0.15) is 0 Å². The molecular formula is C44H100N2O. The van der Waals surface area contributed by atoms with Crippen molar-refractivity contribution in [1.82, 2.24) is 10.6 Å². The first-order valence-electron chi connectivity index (χ1n) is 21.2. The lowest BCUT2D eigenvalue weighted by molar-refractivity contribution is 0.198. The van der Waals surface area contributed by atoms with Crippen LogP contribution in [-0.2, 0) is 4.74 Å². The van der Waals surface area contributed by atoms with E-state index in [2.05, 4.69) is 114 Å². The molecule has 2 saturated carbocycles. The molecule has 3 heterocycles. The van der Waals surface area contributed by atoms with E-state index in [1.807, 2.05) is 0 Å². The van der Waals surface area contributed by atoms with Crippen molar-refractivity contribution in [3.05, 3.63) is 0 Å². The first-order chi connectivity index (χ1) is 22.2. The predicted molar refractivity (Wildman–Crippen MR) is 222 cm³/mol. The maximum absolute atomic E-state index is 4.94. The molecule has 0 aromatic rings. The number of rotatable bonds is 0. The van der Waals surface area contributed by atoms with Crippen LogP contribution in [0.1, 0.15) is 219 Å². The molecule has 3 saturated heterocycles. The highest BCUT2D eigenvalue weighted by molar-refractivity contribution is 4.56. The molecular weight excluding hydrogens is 572 g/mol. The smallest absolute Gasteiger partial charge is 0.0466 e. The summed E-state index contributed by atoms with van der Waals surface area (Å²) < 4.78 is 4.94. The molecule has 2 N–H and O–H groups in total. The largest absolute Gasteiger partial charge is 0.381 e. The number of ether oxygens (including phenoxy) is 1. The molecule has 5 fully saturated rings. The van der Waals surface area contributed by atoms with E-state index in [4.69, 9.17) is 4.74 Å². The van der Waals surface area contributed by atoms with Crippen molar-refractivity contribution >= 4 is 0 Å². The highest BCUT2D eigenvalue weighted by Crippen LogP contribution is 2.15. The molecule has 0 radical (unpaired) electrons. The minimum atomic E-state index is 0.833. The van der Waals surface area contributed by atoms with E-state index in [0.29, 0.717) is 0 Å². The summed E-state index contributed by atoms with van der Waals surface area (Å²) in [6.07, 6.45) is 26.0. The Morgan fingerprint density at radius 1 is 0.255 bits per heavy atom. The second-order valence-corrected chi connectivity index (χ2v) is 17.1. The van der Waals surface area contributed by atoms with Crippen molar-refractivity contribution < 1.29 is 4.74 Å². The zero-order valence-electron chi connectivity index (χ0n) is 36.3. The monoisotopic (exact) mass is 673 g/mol. The molecule has 0 bridgehead atoms. The van der Waals surface area contributed by atoms with Gasteiger partial charge in [-0.3, -0.25) is 0 Å². The fraction of sp³-hybridized carbons (Fsp3) is 1.00. The maximum atomic E-state index is 4.94. The van der Waals surface area contributed by atoms with Crippen LogP contribution >= 0.6 is 0 Å². The second-order valence-electron chi connectivity index (χ2n) is 17.1. The molecule has 292 valence electrons. The van der Waals surface area contributed by atoms with E-state index in [-0.39, 0.29) is 0 Å². The summed E-state index contributed by atoms with van der Waals surface area (Å²) in [5.74, 6) is 4.17. The molecule has 0 atom stereocenters. The minimum Gasteiger partial charge on any atom is -0.381 e. The Morgan fingerprint density at radius 3 is 0.468 bits per heavy atom. The lowest BCUT2D eigenvalue weighted by Gasteiger charge is -2.08. The third-order valence-corrected chi connectivity index (χ3v) is 5.74. The number of hydrogen-bond acceptors (Lipinski definition) is 3. The molecule has 3 heteroatoms. The summed E-state index contributed by atoms with van der Waals surface area (Å²) in [5.41, 5.74) is 0. The number of hydrogen-bond donors (Lipinski definition) is 2. The van der Waals surface area contributed by atoms with E-state index >= 15 is 0 Å². The molecule has 5 aliphatic rings. The topological polar surface area (TPSA) is 33.3 Å². The van der Waals surface area contributed by atoms with E-state index in [9.17, 15) is 0 Å². The van der Waals surface area contributed by atoms with Gasteiger partial charge < -0.3 is 15.4 Å². The van der Waals surface area contributed by atoms with Gasteiger partial charge >= 0.3 is 0 Å². The van der Waals surface area contributed by atoms with Gasteiger partial charge in [0.15, 0.2) is 0 Å². The van der Waals surface area contributed by atoms with Gasteiger partial charge in [0.2, 0.25) is 0 Å². The van der Waals surface area contributed by atoms with Gasteiger partial charge in [0.25, 0.3) is 0 Å². The number of piperidine rings is 2. The molecule has 3 nitrogen and oxygen atoms in total. The van der Waals surface area contributed by atoms with Gasteiger partial charge in [0.05, 0.1) is 0 Å². The van der Waals surface area contributed by atoms with Crippen LogP contribution in [0.15, 0.2) is 0 Å². The standard InChI is InChI=1S/C6H12.2C5H11N.C4H8O.C4H8.5C4H10/c3*1-2-4-6-5-3-1;1-2-4-5-3-1;1-2-4-3-1;5*1-4(2)3/h1-6H2;2*6H,1-5H2;1-4H2;1-4H2;5*4H,1-3H3. The SMILES string of the molecule is C1CCC1.C1CCCCC1.C1CCNCC1.C1CCNCC1.C1CCOC1.CC(C)C.CC(C)C.CC(C)C.CC(C)C.CC(C)C. The zero-order valence-corrected chi connectivity index (χ0v) is 36.3. The lowest BCUT2D eigenvalue weighted by Crippen LogP contribution is -2.21. The molecule has 47 heavy (non-hydrogen) atoms. The average molecular weight is 673 g/mol. The van der Waals surface area contributed by atoms with Crippen LogP contribution in [0.5, 0.6) is 0 Å². The normalized spacial score (nSPS) is 17.6. The van der Waals surface area contributed by atoms with Crippen LogP contribution in [-0.4, -0.2) is 39.4 Å². The molecule has 0 amide bonds. The van der Waals surface area contributed by atoms with Crippen molar-refractivity contribution in [3.63, 3.8) is 0 Å². The van der Waals surface area contributed by atoms with Gasteiger partial charge in [-0.1, -0.05) is 181 Å². The molecule has 2 aliphatic carbocycles. The van der Waals surface area contributed by atoms with Crippen LogP contribution in [0.4, 0.5) is 0 Å². The van der Waals surface area contributed by atoms with Crippen molar-refractivity contribution in [2.45, 2.75) is 219 Å². The molecule has 5 rings (SSSR count). The Bertz CT molecular complexity index is 319. The molecule has 0 aromatic carbocycles.